The van der Waals surface area contributed by atoms with Crippen molar-refractivity contribution in [3.05, 3.63) is 34.6 Å². The molecule has 1 saturated heterocycles. The Balaban J connectivity index is 1.64. The minimum absolute atomic E-state index is 0.0445. The molecule has 1 N–H and O–H groups in total. The van der Waals surface area contributed by atoms with Gasteiger partial charge < -0.3 is 9.84 Å². The summed E-state index contributed by atoms with van der Waals surface area (Å²) in [7, 11) is 0. The molecule has 0 radical (unpaired) electrons. The van der Waals surface area contributed by atoms with Crippen LogP contribution in [0.4, 0.5) is 22.0 Å². The molecule has 0 aromatic heterocycles. The smallest absolute Gasteiger partial charge is 0.389 e. The molecule has 1 heterocycles. The predicted octanol–water partition coefficient (Wildman–Crippen LogP) is 4.23. The van der Waals surface area contributed by atoms with Crippen molar-refractivity contribution in [1.29, 1.82) is 0 Å². The zero-order valence-corrected chi connectivity index (χ0v) is 15.9. The van der Waals surface area contributed by atoms with Crippen LogP contribution in [0.2, 0.25) is 0 Å². The monoisotopic (exact) mass is 419 g/mol. The summed E-state index contributed by atoms with van der Waals surface area (Å²) in [6.07, 6.45) is -3.32. The van der Waals surface area contributed by atoms with Crippen LogP contribution in [0.25, 0.3) is 6.08 Å². The van der Waals surface area contributed by atoms with Gasteiger partial charge in [-0.05, 0) is 36.0 Å². The van der Waals surface area contributed by atoms with E-state index in [1.807, 2.05) is 6.92 Å². The Bertz CT molecular complexity index is 815. The van der Waals surface area contributed by atoms with Gasteiger partial charge in [-0.3, -0.25) is 4.90 Å². The first-order valence-electron chi connectivity index (χ1n) is 9.34. The van der Waals surface area contributed by atoms with Gasteiger partial charge in [0.25, 0.3) is 0 Å². The Kier molecular flexibility index (Phi) is 5.89. The van der Waals surface area contributed by atoms with Gasteiger partial charge in [0.2, 0.25) is 5.67 Å². The third kappa shape index (κ3) is 4.88. The number of ether oxygens (including phenoxy) is 1. The van der Waals surface area contributed by atoms with E-state index in [9.17, 15) is 26.7 Å². The average Bonchev–Trinajstić information content (AvgIpc) is 2.59. The largest absolute Gasteiger partial charge is 0.491 e. The maximum absolute atomic E-state index is 14.7. The summed E-state index contributed by atoms with van der Waals surface area (Å²) in [5.41, 5.74) is -0.184. The molecule has 160 valence electrons. The molecular formula is C20H22F5NO3. The van der Waals surface area contributed by atoms with Crippen LogP contribution in [0.15, 0.2) is 17.7 Å². The maximum Gasteiger partial charge on any atom is 0.389 e. The van der Waals surface area contributed by atoms with Crippen molar-refractivity contribution in [2.24, 2.45) is 5.92 Å². The highest BCUT2D eigenvalue weighted by Crippen LogP contribution is 2.36. The van der Waals surface area contributed by atoms with E-state index in [4.69, 9.17) is 9.84 Å². The number of aliphatic carboxylic acids is 1. The van der Waals surface area contributed by atoms with E-state index in [0.717, 1.165) is 5.57 Å². The van der Waals surface area contributed by atoms with E-state index in [-0.39, 0.29) is 37.8 Å². The Hall–Kier alpha value is -2.16. The zero-order valence-electron chi connectivity index (χ0n) is 15.9. The quantitative estimate of drug-likeness (QED) is 0.531. The molecule has 29 heavy (non-hydrogen) atoms. The van der Waals surface area contributed by atoms with Crippen molar-refractivity contribution in [3.63, 3.8) is 0 Å². The number of alkyl halides is 4. The van der Waals surface area contributed by atoms with Gasteiger partial charge in [-0.1, -0.05) is 24.6 Å². The second-order valence-corrected chi connectivity index (χ2v) is 7.75. The van der Waals surface area contributed by atoms with Gasteiger partial charge in [-0.2, -0.15) is 13.2 Å². The fraction of sp³-hybridized carbons (Fsp3) is 0.550. The fourth-order valence-corrected chi connectivity index (χ4v) is 3.67. The molecule has 2 aliphatic rings. The van der Waals surface area contributed by atoms with Crippen LogP contribution in [0.1, 0.15) is 30.9 Å². The van der Waals surface area contributed by atoms with E-state index in [1.54, 1.807) is 17.0 Å². The van der Waals surface area contributed by atoms with E-state index in [0.29, 0.717) is 24.1 Å². The second-order valence-electron chi connectivity index (χ2n) is 7.75. The molecule has 0 spiro atoms. The van der Waals surface area contributed by atoms with Gasteiger partial charge in [0.05, 0.1) is 6.61 Å². The number of carbonyl (C=O) groups is 1. The van der Waals surface area contributed by atoms with Crippen LogP contribution in [0.5, 0.6) is 5.75 Å². The SMILES string of the molecule is CC1Cc2c(ccc(OCCCC(F)(F)F)c2F)C=C1CN1CC(F)(C(=O)O)C1. The van der Waals surface area contributed by atoms with Gasteiger partial charge >= 0.3 is 12.1 Å². The molecule has 0 saturated carbocycles. The van der Waals surface area contributed by atoms with Gasteiger partial charge in [-0.15, -0.1) is 0 Å². The normalized spacial score (nSPS) is 21.2. The summed E-state index contributed by atoms with van der Waals surface area (Å²) in [6.45, 7) is 1.70. The van der Waals surface area contributed by atoms with E-state index in [2.05, 4.69) is 0 Å². The molecule has 9 heteroatoms. The minimum Gasteiger partial charge on any atom is -0.491 e. The van der Waals surface area contributed by atoms with Crippen molar-refractivity contribution < 1.29 is 36.6 Å². The number of halogens is 5. The molecule has 1 unspecified atom stereocenters. The van der Waals surface area contributed by atoms with Crippen LogP contribution in [-0.4, -0.2) is 54.1 Å². The number of fused-ring (bicyclic) bond motifs is 1. The molecule has 3 rings (SSSR count). The standard InChI is InChI=1S/C20H22F5NO3/c1-12-7-15-13(8-14(12)9-26-10-19(22,11-26)18(27)28)3-4-16(17(15)21)29-6-2-5-20(23,24)25/h3-4,8,12H,2,5-7,9-11H2,1H3,(H,27,28). The van der Waals surface area contributed by atoms with Crippen molar-refractivity contribution in [3.8, 4) is 5.75 Å². The second kappa shape index (κ2) is 7.93. The van der Waals surface area contributed by atoms with Gasteiger partial charge in [0.1, 0.15) is 0 Å². The first-order chi connectivity index (χ1) is 13.5. The molecule has 1 aliphatic heterocycles. The summed E-state index contributed by atoms with van der Waals surface area (Å²) in [5.74, 6) is -2.15. The number of hydrogen-bond acceptors (Lipinski definition) is 3. The first kappa shape index (κ1) is 21.5. The number of benzene rings is 1. The minimum atomic E-state index is -4.27. The van der Waals surface area contributed by atoms with Gasteiger partial charge in [0.15, 0.2) is 11.6 Å². The van der Waals surface area contributed by atoms with Crippen molar-refractivity contribution in [2.75, 3.05) is 26.2 Å². The zero-order chi connectivity index (χ0) is 21.4. The number of rotatable bonds is 7. The summed E-state index contributed by atoms with van der Waals surface area (Å²) >= 11 is 0. The van der Waals surface area contributed by atoms with Crippen LogP contribution >= 0.6 is 0 Å². The van der Waals surface area contributed by atoms with E-state index in [1.165, 1.54) is 6.07 Å². The lowest BCUT2D eigenvalue weighted by atomic mass is 9.83. The van der Waals surface area contributed by atoms with Crippen molar-refractivity contribution in [1.82, 2.24) is 4.90 Å². The summed E-state index contributed by atoms with van der Waals surface area (Å²) < 4.78 is 70.3. The molecule has 1 fully saturated rings. The lowest BCUT2D eigenvalue weighted by Crippen LogP contribution is -2.63. The van der Waals surface area contributed by atoms with Crippen LogP contribution in [0.3, 0.4) is 0 Å². The number of carboxylic acids is 1. The number of hydrogen-bond donors (Lipinski definition) is 1. The van der Waals surface area contributed by atoms with E-state index >= 15 is 0 Å². The predicted molar refractivity (Wildman–Crippen MR) is 95.9 cm³/mol. The topological polar surface area (TPSA) is 49.8 Å². The molecule has 1 aromatic carbocycles. The van der Waals surface area contributed by atoms with Crippen LogP contribution < -0.4 is 4.74 Å². The molecule has 1 atom stereocenters. The molecule has 0 bridgehead atoms. The third-order valence-electron chi connectivity index (χ3n) is 5.33. The maximum atomic E-state index is 14.7. The summed E-state index contributed by atoms with van der Waals surface area (Å²) in [6, 6.07) is 3.04. The molecule has 1 aliphatic carbocycles. The number of nitrogens with zero attached hydrogens (tertiary/aromatic N) is 1. The van der Waals surface area contributed by atoms with Crippen molar-refractivity contribution >= 4 is 12.0 Å². The Morgan fingerprint density at radius 3 is 2.66 bits per heavy atom. The fourth-order valence-electron chi connectivity index (χ4n) is 3.67. The van der Waals surface area contributed by atoms with E-state index < -0.39 is 30.1 Å². The third-order valence-corrected chi connectivity index (χ3v) is 5.33. The first-order valence-corrected chi connectivity index (χ1v) is 9.34. The molecule has 4 nitrogen and oxygen atoms in total. The summed E-state index contributed by atoms with van der Waals surface area (Å²) in [5, 5.41) is 8.85. The Morgan fingerprint density at radius 1 is 1.34 bits per heavy atom. The Morgan fingerprint density at radius 2 is 2.03 bits per heavy atom. The number of likely N-dealkylation sites (tertiary alicyclic amines) is 1. The van der Waals surface area contributed by atoms with Crippen molar-refractivity contribution in [2.45, 2.75) is 38.0 Å². The highest BCUT2D eigenvalue weighted by Gasteiger charge is 2.50. The van der Waals surface area contributed by atoms with Gasteiger partial charge in [-0.25, -0.2) is 13.6 Å². The molecule has 0 amide bonds. The van der Waals surface area contributed by atoms with Gasteiger partial charge in [0, 0.05) is 26.1 Å². The molecule has 1 aromatic rings. The highest BCUT2D eigenvalue weighted by atomic mass is 19.4. The summed E-state index contributed by atoms with van der Waals surface area (Å²) in [4.78, 5) is 12.5. The lowest BCUT2D eigenvalue weighted by molar-refractivity contribution is -0.163. The lowest BCUT2D eigenvalue weighted by Gasteiger charge is -2.42. The number of carboxylic acid groups (broad SMARTS) is 1. The Labute approximate surface area is 164 Å². The average molecular weight is 419 g/mol. The van der Waals surface area contributed by atoms with Crippen LogP contribution in [-0.2, 0) is 11.2 Å². The van der Waals surface area contributed by atoms with Crippen LogP contribution in [0, 0.1) is 11.7 Å². The highest BCUT2D eigenvalue weighted by molar-refractivity contribution is 5.79. The molecular weight excluding hydrogens is 397 g/mol.